The SMILES string of the molecule is CCCN(CCC)c1cc(CCN)ccc1C(C)C.Cl.Cl. The molecule has 0 saturated heterocycles. The van der Waals surface area contributed by atoms with E-state index in [-0.39, 0.29) is 24.8 Å². The van der Waals surface area contributed by atoms with E-state index < -0.39 is 0 Å². The minimum absolute atomic E-state index is 0. The second kappa shape index (κ2) is 12.1. The van der Waals surface area contributed by atoms with Crippen LogP contribution in [0.4, 0.5) is 5.69 Å². The molecule has 0 saturated carbocycles. The van der Waals surface area contributed by atoms with Gasteiger partial charge in [-0.3, -0.25) is 0 Å². The molecule has 0 bridgehead atoms. The van der Waals surface area contributed by atoms with Crippen LogP contribution in [-0.2, 0) is 6.42 Å². The van der Waals surface area contributed by atoms with E-state index in [0.29, 0.717) is 5.92 Å². The summed E-state index contributed by atoms with van der Waals surface area (Å²) in [6, 6.07) is 6.89. The van der Waals surface area contributed by atoms with Gasteiger partial charge in [-0.15, -0.1) is 24.8 Å². The van der Waals surface area contributed by atoms with Crippen LogP contribution in [0.15, 0.2) is 18.2 Å². The molecule has 0 radical (unpaired) electrons. The highest BCUT2D eigenvalue weighted by Gasteiger charge is 2.13. The van der Waals surface area contributed by atoms with Crippen molar-refractivity contribution in [2.45, 2.75) is 52.9 Å². The Balaban J connectivity index is 0. The topological polar surface area (TPSA) is 29.3 Å². The maximum Gasteiger partial charge on any atom is 0.0404 e. The zero-order valence-corrected chi connectivity index (χ0v) is 15.5. The Labute approximate surface area is 143 Å². The zero-order chi connectivity index (χ0) is 14.3. The number of halogens is 2. The normalized spacial score (nSPS) is 10.0. The minimum atomic E-state index is 0. The number of nitrogens with two attached hydrogens (primary N) is 1. The lowest BCUT2D eigenvalue weighted by Gasteiger charge is -2.28. The van der Waals surface area contributed by atoms with E-state index in [2.05, 4.69) is 50.8 Å². The van der Waals surface area contributed by atoms with Crippen molar-refractivity contribution in [1.82, 2.24) is 0 Å². The molecule has 0 aliphatic rings. The fourth-order valence-electron chi connectivity index (χ4n) is 2.57. The third kappa shape index (κ3) is 6.90. The van der Waals surface area contributed by atoms with Crippen molar-refractivity contribution in [3.8, 4) is 0 Å². The van der Waals surface area contributed by atoms with Gasteiger partial charge in [0.05, 0.1) is 0 Å². The highest BCUT2D eigenvalue weighted by Crippen LogP contribution is 2.29. The number of anilines is 1. The van der Waals surface area contributed by atoms with Gasteiger partial charge in [-0.05, 0) is 48.9 Å². The molecule has 0 heterocycles. The number of rotatable bonds is 8. The van der Waals surface area contributed by atoms with E-state index in [1.54, 1.807) is 0 Å². The predicted octanol–water partition coefficient (Wildman–Crippen LogP) is 4.78. The number of nitrogens with zero attached hydrogens (tertiary/aromatic N) is 1. The first kappa shape index (κ1) is 22.8. The Morgan fingerprint density at radius 3 is 2.05 bits per heavy atom. The molecule has 0 aliphatic carbocycles. The van der Waals surface area contributed by atoms with Crippen molar-refractivity contribution < 1.29 is 0 Å². The summed E-state index contributed by atoms with van der Waals surface area (Å²) in [6.07, 6.45) is 3.36. The summed E-state index contributed by atoms with van der Waals surface area (Å²) in [7, 11) is 0. The van der Waals surface area contributed by atoms with Crippen LogP contribution in [0, 0.1) is 0 Å². The summed E-state index contributed by atoms with van der Waals surface area (Å²) in [5, 5.41) is 0. The molecule has 124 valence electrons. The fraction of sp³-hybridized carbons (Fsp3) is 0.647. The lowest BCUT2D eigenvalue weighted by molar-refractivity contribution is 0.731. The van der Waals surface area contributed by atoms with E-state index in [1.807, 2.05) is 0 Å². The van der Waals surface area contributed by atoms with Crippen LogP contribution in [0.1, 0.15) is 57.6 Å². The third-order valence-electron chi connectivity index (χ3n) is 3.48. The van der Waals surface area contributed by atoms with Crippen molar-refractivity contribution in [3.63, 3.8) is 0 Å². The van der Waals surface area contributed by atoms with Crippen molar-refractivity contribution in [3.05, 3.63) is 29.3 Å². The maximum absolute atomic E-state index is 5.69. The van der Waals surface area contributed by atoms with Crippen molar-refractivity contribution in [2.24, 2.45) is 5.73 Å². The number of hydrogen-bond acceptors (Lipinski definition) is 2. The second-order valence-corrected chi connectivity index (χ2v) is 5.57. The highest BCUT2D eigenvalue weighted by molar-refractivity contribution is 5.85. The second-order valence-electron chi connectivity index (χ2n) is 5.57. The molecular weight excluding hydrogens is 303 g/mol. The summed E-state index contributed by atoms with van der Waals surface area (Å²) in [5.41, 5.74) is 9.93. The van der Waals surface area contributed by atoms with E-state index in [9.17, 15) is 0 Å². The largest absolute Gasteiger partial charge is 0.371 e. The van der Waals surface area contributed by atoms with Gasteiger partial charge in [0.15, 0.2) is 0 Å². The summed E-state index contributed by atoms with van der Waals surface area (Å²) in [5.74, 6) is 0.568. The molecule has 0 unspecified atom stereocenters. The van der Waals surface area contributed by atoms with Crippen molar-refractivity contribution >= 4 is 30.5 Å². The molecule has 0 aliphatic heterocycles. The standard InChI is InChI=1S/C17H30N2.2ClH/c1-5-11-19(12-6-2)17-13-15(9-10-18)7-8-16(17)14(3)4;;/h7-8,13-14H,5-6,9-12,18H2,1-4H3;2*1H. The van der Waals surface area contributed by atoms with Gasteiger partial charge in [0.2, 0.25) is 0 Å². The lowest BCUT2D eigenvalue weighted by atomic mass is 9.97. The molecule has 0 spiro atoms. The molecule has 0 fully saturated rings. The van der Waals surface area contributed by atoms with Crippen LogP contribution < -0.4 is 10.6 Å². The Morgan fingerprint density at radius 2 is 1.62 bits per heavy atom. The molecule has 0 aromatic heterocycles. The van der Waals surface area contributed by atoms with Crippen LogP contribution in [0.3, 0.4) is 0 Å². The average molecular weight is 335 g/mol. The molecule has 1 rings (SSSR count). The zero-order valence-electron chi connectivity index (χ0n) is 13.9. The van der Waals surface area contributed by atoms with Gasteiger partial charge < -0.3 is 10.6 Å². The molecule has 1 aromatic rings. The van der Waals surface area contributed by atoms with Crippen LogP contribution >= 0.6 is 24.8 Å². The van der Waals surface area contributed by atoms with Gasteiger partial charge in [-0.2, -0.15) is 0 Å². The number of hydrogen-bond donors (Lipinski definition) is 1. The molecule has 2 nitrogen and oxygen atoms in total. The van der Waals surface area contributed by atoms with Gasteiger partial charge in [-0.1, -0.05) is 39.8 Å². The van der Waals surface area contributed by atoms with E-state index in [4.69, 9.17) is 5.73 Å². The van der Waals surface area contributed by atoms with Crippen molar-refractivity contribution in [1.29, 1.82) is 0 Å². The number of benzene rings is 1. The first-order valence-corrected chi connectivity index (χ1v) is 7.71. The van der Waals surface area contributed by atoms with Crippen molar-refractivity contribution in [2.75, 3.05) is 24.5 Å². The van der Waals surface area contributed by atoms with Gasteiger partial charge in [-0.25, -0.2) is 0 Å². The minimum Gasteiger partial charge on any atom is -0.371 e. The molecule has 2 N–H and O–H groups in total. The predicted molar refractivity (Wildman–Crippen MR) is 101 cm³/mol. The van der Waals surface area contributed by atoms with Crippen LogP contribution in [0.2, 0.25) is 0 Å². The third-order valence-corrected chi connectivity index (χ3v) is 3.48. The smallest absolute Gasteiger partial charge is 0.0404 e. The van der Waals surface area contributed by atoms with Crippen LogP contribution in [-0.4, -0.2) is 19.6 Å². The van der Waals surface area contributed by atoms with Gasteiger partial charge in [0, 0.05) is 18.8 Å². The monoisotopic (exact) mass is 334 g/mol. The van der Waals surface area contributed by atoms with E-state index in [1.165, 1.54) is 29.7 Å². The Bertz CT molecular complexity index is 375. The Morgan fingerprint density at radius 1 is 1.05 bits per heavy atom. The summed E-state index contributed by atoms with van der Waals surface area (Å²) >= 11 is 0. The van der Waals surface area contributed by atoms with Gasteiger partial charge in [0.1, 0.15) is 0 Å². The molecule has 21 heavy (non-hydrogen) atoms. The highest BCUT2D eigenvalue weighted by atomic mass is 35.5. The fourth-order valence-corrected chi connectivity index (χ4v) is 2.57. The van der Waals surface area contributed by atoms with Gasteiger partial charge in [0.25, 0.3) is 0 Å². The molecule has 4 heteroatoms. The molecular formula is C17H32Cl2N2. The summed E-state index contributed by atoms with van der Waals surface area (Å²) in [4.78, 5) is 2.54. The lowest BCUT2D eigenvalue weighted by Crippen LogP contribution is -2.26. The molecule has 1 aromatic carbocycles. The quantitative estimate of drug-likeness (QED) is 0.741. The summed E-state index contributed by atoms with van der Waals surface area (Å²) in [6.45, 7) is 12.1. The van der Waals surface area contributed by atoms with E-state index >= 15 is 0 Å². The van der Waals surface area contributed by atoms with Crippen LogP contribution in [0.25, 0.3) is 0 Å². The first-order chi connectivity index (χ1) is 9.13. The first-order valence-electron chi connectivity index (χ1n) is 7.71. The Hall–Kier alpha value is -0.440. The maximum atomic E-state index is 5.69. The Kier molecular flexibility index (Phi) is 13.2. The van der Waals surface area contributed by atoms with Gasteiger partial charge >= 0.3 is 0 Å². The van der Waals surface area contributed by atoms with Crippen LogP contribution in [0.5, 0.6) is 0 Å². The molecule has 0 atom stereocenters. The van der Waals surface area contributed by atoms with E-state index in [0.717, 1.165) is 26.1 Å². The molecule has 0 amide bonds. The average Bonchev–Trinajstić information content (AvgIpc) is 2.38. The summed E-state index contributed by atoms with van der Waals surface area (Å²) < 4.78 is 0.